The van der Waals surface area contributed by atoms with Crippen molar-refractivity contribution in [2.45, 2.75) is 30.7 Å². The highest BCUT2D eigenvalue weighted by Crippen LogP contribution is 2.11. The van der Waals surface area contributed by atoms with Gasteiger partial charge in [0.15, 0.2) is 9.84 Å². The lowest BCUT2D eigenvalue weighted by atomic mass is 10.1. The van der Waals surface area contributed by atoms with Gasteiger partial charge in [-0.1, -0.05) is 6.07 Å². The van der Waals surface area contributed by atoms with Crippen molar-refractivity contribution >= 4 is 15.7 Å². The van der Waals surface area contributed by atoms with E-state index < -0.39 is 9.84 Å². The van der Waals surface area contributed by atoms with Gasteiger partial charge in [0.25, 0.3) is 5.91 Å². The van der Waals surface area contributed by atoms with Crippen LogP contribution in [0.3, 0.4) is 0 Å². The molecule has 0 saturated carbocycles. The first-order valence-corrected chi connectivity index (χ1v) is 8.05. The van der Waals surface area contributed by atoms with E-state index in [4.69, 9.17) is 5.73 Å². The van der Waals surface area contributed by atoms with Crippen LogP contribution in [0.15, 0.2) is 29.2 Å². The molecule has 19 heavy (non-hydrogen) atoms. The van der Waals surface area contributed by atoms with Gasteiger partial charge < -0.3 is 11.1 Å². The lowest BCUT2D eigenvalue weighted by molar-refractivity contribution is 0.0938. The van der Waals surface area contributed by atoms with Crippen LogP contribution in [0.1, 0.15) is 30.1 Å². The SMILES string of the molecule is CC(CCCN)NC(=O)c1cccc(S(C)(=O)=O)c1. The molecule has 1 rings (SSSR count). The van der Waals surface area contributed by atoms with Gasteiger partial charge >= 0.3 is 0 Å². The van der Waals surface area contributed by atoms with Gasteiger partial charge in [0.2, 0.25) is 0 Å². The van der Waals surface area contributed by atoms with Gasteiger partial charge in [-0.15, -0.1) is 0 Å². The van der Waals surface area contributed by atoms with E-state index >= 15 is 0 Å². The summed E-state index contributed by atoms with van der Waals surface area (Å²) in [6.45, 7) is 2.48. The first kappa shape index (κ1) is 15.7. The average Bonchev–Trinajstić information content (AvgIpc) is 2.35. The minimum absolute atomic E-state index is 0.0120. The topological polar surface area (TPSA) is 89.3 Å². The van der Waals surface area contributed by atoms with Gasteiger partial charge in [0.1, 0.15) is 0 Å². The number of sulfone groups is 1. The van der Waals surface area contributed by atoms with E-state index in [0.717, 1.165) is 19.1 Å². The molecule has 1 amide bonds. The largest absolute Gasteiger partial charge is 0.350 e. The molecule has 0 aliphatic heterocycles. The molecule has 0 spiro atoms. The molecule has 106 valence electrons. The summed E-state index contributed by atoms with van der Waals surface area (Å²) in [6, 6.07) is 6.04. The third-order valence-electron chi connectivity index (χ3n) is 2.74. The second-order valence-electron chi connectivity index (χ2n) is 4.61. The van der Waals surface area contributed by atoms with Crippen LogP contribution in [-0.2, 0) is 9.84 Å². The van der Waals surface area contributed by atoms with Crippen LogP contribution in [0.4, 0.5) is 0 Å². The Labute approximate surface area is 114 Å². The van der Waals surface area contributed by atoms with E-state index in [1.54, 1.807) is 12.1 Å². The van der Waals surface area contributed by atoms with Gasteiger partial charge in [0, 0.05) is 17.9 Å². The summed E-state index contributed by atoms with van der Waals surface area (Å²) in [7, 11) is -3.30. The van der Waals surface area contributed by atoms with Gasteiger partial charge in [-0.3, -0.25) is 4.79 Å². The summed E-state index contributed by atoms with van der Waals surface area (Å²) in [6.07, 6.45) is 2.76. The number of carbonyl (C=O) groups is 1. The molecule has 0 aromatic heterocycles. The van der Waals surface area contributed by atoms with E-state index in [1.165, 1.54) is 12.1 Å². The molecule has 0 bridgehead atoms. The van der Waals surface area contributed by atoms with Gasteiger partial charge in [0.05, 0.1) is 4.90 Å². The van der Waals surface area contributed by atoms with Crippen molar-refractivity contribution in [1.82, 2.24) is 5.32 Å². The molecular weight excluding hydrogens is 264 g/mol. The zero-order valence-corrected chi connectivity index (χ0v) is 12.0. The van der Waals surface area contributed by atoms with Crippen LogP contribution < -0.4 is 11.1 Å². The summed E-state index contributed by atoms with van der Waals surface area (Å²) in [4.78, 5) is 12.1. The maximum atomic E-state index is 12.0. The van der Waals surface area contributed by atoms with Crippen molar-refractivity contribution in [2.75, 3.05) is 12.8 Å². The van der Waals surface area contributed by atoms with Crippen molar-refractivity contribution in [3.8, 4) is 0 Å². The van der Waals surface area contributed by atoms with Gasteiger partial charge in [-0.25, -0.2) is 8.42 Å². The van der Waals surface area contributed by atoms with Crippen molar-refractivity contribution < 1.29 is 13.2 Å². The van der Waals surface area contributed by atoms with Crippen molar-refractivity contribution in [1.29, 1.82) is 0 Å². The predicted molar refractivity (Wildman–Crippen MR) is 74.8 cm³/mol. The van der Waals surface area contributed by atoms with Crippen LogP contribution in [0.2, 0.25) is 0 Å². The molecule has 1 aromatic carbocycles. The first-order valence-electron chi connectivity index (χ1n) is 6.15. The van der Waals surface area contributed by atoms with E-state index in [2.05, 4.69) is 5.32 Å². The normalized spacial score (nSPS) is 13.0. The van der Waals surface area contributed by atoms with Crippen LogP contribution in [0.5, 0.6) is 0 Å². The number of hydrogen-bond acceptors (Lipinski definition) is 4. The van der Waals surface area contributed by atoms with Crippen LogP contribution in [0.25, 0.3) is 0 Å². The Morgan fingerprint density at radius 3 is 2.68 bits per heavy atom. The zero-order valence-electron chi connectivity index (χ0n) is 11.2. The summed E-state index contributed by atoms with van der Waals surface area (Å²) in [5.74, 6) is -0.268. The van der Waals surface area contributed by atoms with Crippen molar-refractivity contribution in [2.24, 2.45) is 5.73 Å². The van der Waals surface area contributed by atoms with Gasteiger partial charge in [-0.05, 0) is 44.5 Å². The molecular formula is C13H20N2O3S. The molecule has 1 atom stereocenters. The Kier molecular flexibility index (Phi) is 5.50. The molecule has 0 aliphatic carbocycles. The summed E-state index contributed by atoms with van der Waals surface area (Å²) >= 11 is 0. The number of rotatable bonds is 6. The molecule has 0 aliphatic rings. The molecule has 6 heteroatoms. The number of carbonyl (C=O) groups excluding carboxylic acids is 1. The van der Waals surface area contributed by atoms with Crippen LogP contribution in [-0.4, -0.2) is 33.2 Å². The second kappa shape index (κ2) is 6.68. The Morgan fingerprint density at radius 1 is 1.42 bits per heavy atom. The maximum absolute atomic E-state index is 12.0. The molecule has 0 fully saturated rings. The summed E-state index contributed by atoms with van der Waals surface area (Å²) in [5, 5.41) is 2.82. The van der Waals surface area contributed by atoms with Gasteiger partial charge in [-0.2, -0.15) is 0 Å². The molecule has 0 radical (unpaired) electrons. The Hall–Kier alpha value is -1.40. The second-order valence-corrected chi connectivity index (χ2v) is 6.62. The van der Waals surface area contributed by atoms with Crippen LogP contribution in [0, 0.1) is 0 Å². The fourth-order valence-corrected chi connectivity index (χ4v) is 2.34. The summed E-state index contributed by atoms with van der Waals surface area (Å²) < 4.78 is 22.9. The fraction of sp³-hybridized carbons (Fsp3) is 0.462. The van der Waals surface area contributed by atoms with Crippen molar-refractivity contribution in [3.63, 3.8) is 0 Å². The Bertz CT molecular complexity index is 541. The molecule has 3 N–H and O–H groups in total. The van der Waals surface area contributed by atoms with E-state index in [9.17, 15) is 13.2 Å². The predicted octanol–water partition coefficient (Wildman–Crippen LogP) is 0.947. The van der Waals surface area contributed by atoms with Crippen LogP contribution >= 0.6 is 0 Å². The molecule has 5 nitrogen and oxygen atoms in total. The van der Waals surface area contributed by atoms with Crippen molar-refractivity contribution in [3.05, 3.63) is 29.8 Å². The lowest BCUT2D eigenvalue weighted by Gasteiger charge is -2.13. The Morgan fingerprint density at radius 2 is 2.11 bits per heavy atom. The third-order valence-corrected chi connectivity index (χ3v) is 3.85. The first-order chi connectivity index (χ1) is 8.84. The molecule has 1 unspecified atom stereocenters. The quantitative estimate of drug-likeness (QED) is 0.814. The summed E-state index contributed by atoms with van der Waals surface area (Å²) in [5.41, 5.74) is 5.76. The lowest BCUT2D eigenvalue weighted by Crippen LogP contribution is -2.33. The molecule has 0 saturated heterocycles. The number of nitrogens with two attached hydrogens (primary N) is 1. The van der Waals surface area contributed by atoms with E-state index in [-0.39, 0.29) is 16.8 Å². The smallest absolute Gasteiger partial charge is 0.251 e. The van der Waals surface area contributed by atoms with E-state index in [0.29, 0.717) is 12.1 Å². The zero-order chi connectivity index (χ0) is 14.5. The highest BCUT2D eigenvalue weighted by molar-refractivity contribution is 7.90. The fourth-order valence-electron chi connectivity index (χ4n) is 1.67. The highest BCUT2D eigenvalue weighted by Gasteiger charge is 2.13. The minimum Gasteiger partial charge on any atom is -0.350 e. The number of hydrogen-bond donors (Lipinski definition) is 2. The minimum atomic E-state index is -3.30. The third kappa shape index (κ3) is 5.00. The number of benzene rings is 1. The van der Waals surface area contributed by atoms with E-state index in [1.807, 2.05) is 6.92 Å². The number of amides is 1. The maximum Gasteiger partial charge on any atom is 0.251 e. The molecule has 0 heterocycles. The monoisotopic (exact) mass is 284 g/mol. The Balaban J connectivity index is 2.78. The average molecular weight is 284 g/mol. The standard InChI is InChI=1S/C13H20N2O3S/c1-10(5-4-8-14)15-13(16)11-6-3-7-12(9-11)19(2,17)18/h3,6-7,9-10H,4-5,8,14H2,1-2H3,(H,15,16). The molecule has 1 aromatic rings. The number of nitrogens with one attached hydrogen (secondary N) is 1. The highest BCUT2D eigenvalue weighted by atomic mass is 32.2.